The van der Waals surface area contributed by atoms with Gasteiger partial charge in [0.05, 0.1) is 31.2 Å². The second-order valence-electron chi connectivity index (χ2n) is 6.52. The summed E-state index contributed by atoms with van der Waals surface area (Å²) in [5, 5.41) is 19.6. The monoisotopic (exact) mass is 346 g/mol. The van der Waals surface area contributed by atoms with Crippen LogP contribution in [0.15, 0.2) is 23.9 Å². The van der Waals surface area contributed by atoms with Crippen molar-refractivity contribution >= 4 is 11.7 Å². The summed E-state index contributed by atoms with van der Waals surface area (Å²) in [6.07, 6.45) is 2.57. The zero-order chi connectivity index (χ0) is 18.3. The quantitative estimate of drug-likeness (QED) is 0.856. The number of ether oxygens (including phenoxy) is 2. The van der Waals surface area contributed by atoms with Crippen LogP contribution in [0.3, 0.4) is 0 Å². The summed E-state index contributed by atoms with van der Waals surface area (Å²) in [7, 11) is 3.08. The van der Waals surface area contributed by atoms with Crippen molar-refractivity contribution in [2.75, 3.05) is 14.2 Å². The van der Waals surface area contributed by atoms with Gasteiger partial charge in [-0.15, -0.1) is 0 Å². The van der Waals surface area contributed by atoms with E-state index in [9.17, 15) is 15.0 Å². The van der Waals surface area contributed by atoms with Crippen LogP contribution >= 0.6 is 0 Å². The number of pyridine rings is 1. The van der Waals surface area contributed by atoms with Crippen molar-refractivity contribution in [2.45, 2.75) is 32.4 Å². The molecule has 0 spiro atoms. The largest absolute Gasteiger partial charge is 0.491 e. The first-order chi connectivity index (χ1) is 11.9. The maximum Gasteiger partial charge on any atom is 0.336 e. The summed E-state index contributed by atoms with van der Waals surface area (Å²) in [6, 6.07) is 1.96. The minimum atomic E-state index is -1.18. The van der Waals surface area contributed by atoms with Gasteiger partial charge in [-0.1, -0.05) is 13.8 Å². The van der Waals surface area contributed by atoms with Gasteiger partial charge in [0.25, 0.3) is 5.88 Å². The number of aliphatic hydroxyl groups is 1. The Morgan fingerprint density at radius 3 is 2.64 bits per heavy atom. The predicted molar refractivity (Wildman–Crippen MR) is 91.2 cm³/mol. The molecule has 7 heteroatoms. The van der Waals surface area contributed by atoms with Gasteiger partial charge >= 0.3 is 5.97 Å². The number of methoxy groups -OCH3 is 2. The average Bonchev–Trinajstić information content (AvgIpc) is 2.58. The molecule has 2 unspecified atom stereocenters. The Bertz CT molecular complexity index is 769. The van der Waals surface area contributed by atoms with E-state index in [2.05, 4.69) is 18.8 Å². The number of aliphatic hydroxyl groups excluding tert-OH is 1. The van der Waals surface area contributed by atoms with Crippen molar-refractivity contribution < 1.29 is 24.5 Å². The lowest BCUT2D eigenvalue weighted by molar-refractivity contribution is -0.133. The normalized spacial score (nSPS) is 21.9. The molecule has 3 rings (SSSR count). The first-order valence-corrected chi connectivity index (χ1v) is 8.12. The molecule has 0 aliphatic carbocycles. The molecule has 7 nitrogen and oxygen atoms in total. The summed E-state index contributed by atoms with van der Waals surface area (Å²) >= 11 is 0. The molecule has 1 aromatic rings. The molecular formula is C18H22N2O5. The molecule has 0 saturated carbocycles. The molecule has 3 heterocycles. The van der Waals surface area contributed by atoms with Gasteiger partial charge in [-0.25, -0.2) is 9.78 Å². The Labute approximate surface area is 146 Å². The summed E-state index contributed by atoms with van der Waals surface area (Å²) in [4.78, 5) is 17.9. The molecule has 0 fully saturated rings. The van der Waals surface area contributed by atoms with Crippen molar-refractivity contribution in [2.24, 2.45) is 5.92 Å². The summed E-state index contributed by atoms with van der Waals surface area (Å²) < 4.78 is 10.6. The molecule has 0 aromatic carbocycles. The molecule has 0 radical (unpaired) electrons. The number of hydrogen-bond donors (Lipinski definition) is 2. The lowest BCUT2D eigenvalue weighted by Gasteiger charge is -2.42. The molecule has 1 aromatic heterocycles. The number of nitrogens with zero attached hydrogens (tertiary/aromatic N) is 2. The molecular weight excluding hydrogens is 324 g/mol. The lowest BCUT2D eigenvalue weighted by atomic mass is 9.86. The van der Waals surface area contributed by atoms with Crippen LogP contribution < -0.4 is 9.47 Å². The van der Waals surface area contributed by atoms with Crippen LogP contribution in [-0.2, 0) is 11.2 Å². The van der Waals surface area contributed by atoms with Gasteiger partial charge in [0.2, 0.25) is 0 Å². The van der Waals surface area contributed by atoms with E-state index in [4.69, 9.17) is 9.47 Å². The van der Waals surface area contributed by atoms with Crippen LogP contribution in [0.2, 0.25) is 0 Å². The minimum absolute atomic E-state index is 0.0432. The first-order valence-electron chi connectivity index (χ1n) is 8.12. The van der Waals surface area contributed by atoms with E-state index in [1.165, 1.54) is 19.4 Å². The van der Waals surface area contributed by atoms with Crippen LogP contribution in [0.4, 0.5) is 0 Å². The van der Waals surface area contributed by atoms with Gasteiger partial charge in [-0.3, -0.25) is 0 Å². The Kier molecular flexibility index (Phi) is 4.43. The molecule has 0 amide bonds. The second-order valence-corrected chi connectivity index (χ2v) is 6.52. The van der Waals surface area contributed by atoms with E-state index in [-0.39, 0.29) is 17.5 Å². The Morgan fingerprint density at radius 1 is 1.36 bits per heavy atom. The van der Waals surface area contributed by atoms with E-state index in [1.807, 2.05) is 11.0 Å². The molecule has 2 aliphatic rings. The maximum absolute atomic E-state index is 11.4. The van der Waals surface area contributed by atoms with Gasteiger partial charge in [-0.05, 0) is 30.0 Å². The predicted octanol–water partition coefficient (Wildman–Crippen LogP) is 1.67. The highest BCUT2D eigenvalue weighted by Crippen LogP contribution is 2.41. The van der Waals surface area contributed by atoms with Crippen LogP contribution in [-0.4, -0.2) is 52.4 Å². The van der Waals surface area contributed by atoms with Crippen LogP contribution in [0, 0.1) is 5.92 Å². The van der Waals surface area contributed by atoms with Crippen molar-refractivity contribution in [3.8, 4) is 11.6 Å². The van der Waals surface area contributed by atoms with E-state index < -0.39 is 12.1 Å². The standard InChI is InChI=1S/C18H22N2O5/c1-9(2)12-5-10-6-15(24-3)17(25-4)19-16(10)13-7-14(21)11(18(22)23)8-20(12)13/h6-9,12,14,21H,5H2,1-4H3,(H,22,23). The van der Waals surface area contributed by atoms with Crippen molar-refractivity contribution in [1.82, 2.24) is 9.88 Å². The van der Waals surface area contributed by atoms with E-state index >= 15 is 0 Å². The molecule has 0 bridgehead atoms. The number of hydrogen-bond acceptors (Lipinski definition) is 6. The highest BCUT2D eigenvalue weighted by molar-refractivity contribution is 5.90. The Hall–Kier alpha value is -2.54. The second kappa shape index (κ2) is 6.40. The molecule has 25 heavy (non-hydrogen) atoms. The highest BCUT2D eigenvalue weighted by atomic mass is 16.5. The first kappa shape index (κ1) is 17.3. The fourth-order valence-corrected chi connectivity index (χ4v) is 3.35. The third kappa shape index (κ3) is 2.84. The fraction of sp³-hybridized carbons (Fsp3) is 0.444. The Morgan fingerprint density at radius 2 is 2.08 bits per heavy atom. The van der Waals surface area contributed by atoms with E-state index in [1.54, 1.807) is 7.11 Å². The van der Waals surface area contributed by atoms with Crippen molar-refractivity contribution in [3.63, 3.8) is 0 Å². The molecule has 0 saturated heterocycles. The smallest absolute Gasteiger partial charge is 0.336 e. The number of carboxylic acid groups (broad SMARTS) is 1. The zero-order valence-corrected chi connectivity index (χ0v) is 14.7. The number of fused-ring (bicyclic) bond motifs is 3. The van der Waals surface area contributed by atoms with Crippen LogP contribution in [0.1, 0.15) is 25.1 Å². The van der Waals surface area contributed by atoms with Gasteiger partial charge in [0.15, 0.2) is 5.75 Å². The van der Waals surface area contributed by atoms with Gasteiger partial charge < -0.3 is 24.6 Å². The van der Waals surface area contributed by atoms with Crippen LogP contribution in [0.25, 0.3) is 5.70 Å². The lowest BCUT2D eigenvalue weighted by Crippen LogP contribution is -2.43. The third-order valence-electron chi connectivity index (χ3n) is 4.68. The summed E-state index contributed by atoms with van der Waals surface area (Å²) in [5.41, 5.74) is 2.31. The maximum atomic E-state index is 11.4. The highest BCUT2D eigenvalue weighted by Gasteiger charge is 2.37. The SMILES string of the molecule is COc1cc2c(nc1OC)C1=CC(O)C(C(=O)O)=CN1C(C(C)C)C2. The number of aliphatic carboxylic acids is 1. The zero-order valence-electron chi connectivity index (χ0n) is 14.7. The van der Waals surface area contributed by atoms with Crippen LogP contribution in [0.5, 0.6) is 11.6 Å². The fourth-order valence-electron chi connectivity index (χ4n) is 3.35. The molecule has 134 valence electrons. The molecule has 2 atom stereocenters. The van der Waals surface area contributed by atoms with E-state index in [0.717, 1.165) is 5.56 Å². The Balaban J connectivity index is 2.17. The minimum Gasteiger partial charge on any atom is -0.491 e. The van der Waals surface area contributed by atoms with Gasteiger partial charge in [0.1, 0.15) is 6.10 Å². The average molecular weight is 346 g/mol. The summed E-state index contributed by atoms with van der Waals surface area (Å²) in [5.74, 6) is 0.0473. The number of carboxylic acids is 1. The topological polar surface area (TPSA) is 92.1 Å². The molecule has 2 aliphatic heterocycles. The van der Waals surface area contributed by atoms with Crippen molar-refractivity contribution in [3.05, 3.63) is 35.2 Å². The summed E-state index contributed by atoms with van der Waals surface area (Å²) in [6.45, 7) is 4.17. The number of carbonyl (C=O) groups is 1. The number of aromatic nitrogens is 1. The van der Waals surface area contributed by atoms with Gasteiger partial charge in [-0.2, -0.15) is 0 Å². The third-order valence-corrected chi connectivity index (χ3v) is 4.68. The van der Waals surface area contributed by atoms with Gasteiger partial charge in [0, 0.05) is 12.2 Å². The van der Waals surface area contributed by atoms with E-state index in [0.29, 0.717) is 29.4 Å². The van der Waals surface area contributed by atoms with Crippen molar-refractivity contribution in [1.29, 1.82) is 0 Å². The molecule has 2 N–H and O–H groups in total. The number of rotatable bonds is 4.